The smallest absolute Gasteiger partial charge is 0.316 e. The number of carbonyl (C=O) groups is 1. The van der Waals surface area contributed by atoms with Gasteiger partial charge in [-0.05, 0) is 60.7 Å². The third-order valence-corrected chi connectivity index (χ3v) is 7.80. The Bertz CT molecular complexity index is 1630. The number of tetrazole rings is 1. The first-order chi connectivity index (χ1) is 18.5. The van der Waals surface area contributed by atoms with Crippen LogP contribution in [0.3, 0.4) is 0 Å². The summed E-state index contributed by atoms with van der Waals surface area (Å²) in [4.78, 5) is 12.0. The summed E-state index contributed by atoms with van der Waals surface area (Å²) in [5, 5.41) is 18.8. The minimum atomic E-state index is -0.566. The molecular weight excluding hydrogens is 474 g/mol. The summed E-state index contributed by atoms with van der Waals surface area (Å²) in [7, 11) is 0. The van der Waals surface area contributed by atoms with Gasteiger partial charge in [0, 0.05) is 39.3 Å². The predicted octanol–water partition coefficient (Wildman–Crippen LogP) is 6.77. The summed E-state index contributed by atoms with van der Waals surface area (Å²) in [5.41, 5.74) is 14.8. The molecule has 0 saturated heterocycles. The Kier molecular flexibility index (Phi) is 6.15. The van der Waals surface area contributed by atoms with Crippen LogP contribution in [-0.4, -0.2) is 31.2 Å². The van der Waals surface area contributed by atoms with Crippen LogP contribution < -0.4 is 11.1 Å². The van der Waals surface area contributed by atoms with E-state index < -0.39 is 6.03 Å². The van der Waals surface area contributed by atoms with E-state index in [1.807, 2.05) is 37.3 Å². The molecule has 1 aliphatic carbocycles. The van der Waals surface area contributed by atoms with Crippen LogP contribution in [0.5, 0.6) is 0 Å². The molecule has 1 fully saturated rings. The number of carbonyl (C=O) groups excluding carboxylic acids is 1. The summed E-state index contributed by atoms with van der Waals surface area (Å²) < 4.78 is 2.52. The van der Waals surface area contributed by atoms with Crippen LogP contribution in [0.1, 0.15) is 49.4 Å². The Balaban J connectivity index is 1.62. The Morgan fingerprint density at radius 1 is 0.974 bits per heavy atom. The van der Waals surface area contributed by atoms with Gasteiger partial charge in [-0.1, -0.05) is 67.8 Å². The van der Waals surface area contributed by atoms with Gasteiger partial charge < -0.3 is 15.6 Å². The van der Waals surface area contributed by atoms with Gasteiger partial charge in [0.25, 0.3) is 0 Å². The zero-order valence-electron chi connectivity index (χ0n) is 21.7. The molecule has 1 aliphatic rings. The molecule has 0 unspecified atom stereocenters. The van der Waals surface area contributed by atoms with Crippen molar-refractivity contribution < 1.29 is 4.79 Å². The lowest BCUT2D eigenvalue weighted by Gasteiger charge is -2.26. The van der Waals surface area contributed by atoms with E-state index >= 15 is 0 Å². The number of hydrogen-bond donors (Lipinski definition) is 3. The van der Waals surface area contributed by atoms with E-state index in [0.717, 1.165) is 44.5 Å². The van der Waals surface area contributed by atoms with Crippen molar-refractivity contribution in [3.63, 3.8) is 0 Å². The molecule has 1 saturated carbocycles. The fraction of sp³-hybridized carbons (Fsp3) is 0.267. The molecule has 6 rings (SSSR count). The summed E-state index contributed by atoms with van der Waals surface area (Å²) in [6, 6.07) is 20.8. The molecule has 0 spiro atoms. The quantitative estimate of drug-likeness (QED) is 0.244. The predicted molar refractivity (Wildman–Crippen MR) is 151 cm³/mol. The van der Waals surface area contributed by atoms with Gasteiger partial charge in [0.1, 0.15) is 0 Å². The van der Waals surface area contributed by atoms with E-state index in [2.05, 4.69) is 67.8 Å². The second kappa shape index (κ2) is 9.78. The van der Waals surface area contributed by atoms with Gasteiger partial charge in [-0.15, -0.1) is 10.2 Å². The molecule has 4 N–H and O–H groups in total. The number of para-hydroxylation sites is 1. The number of nitrogens with two attached hydrogens (primary N) is 1. The summed E-state index contributed by atoms with van der Waals surface area (Å²) in [6.45, 7) is 4.20. The van der Waals surface area contributed by atoms with Gasteiger partial charge in [-0.25, -0.2) is 4.79 Å². The third-order valence-electron chi connectivity index (χ3n) is 7.80. The summed E-state index contributed by atoms with van der Waals surface area (Å²) in [6.07, 6.45) is 6.13. The van der Waals surface area contributed by atoms with Gasteiger partial charge in [0.05, 0.1) is 5.69 Å². The largest absolute Gasteiger partial charge is 0.351 e. The van der Waals surface area contributed by atoms with Crippen LogP contribution in [0.2, 0.25) is 0 Å². The number of aryl methyl sites for hydroxylation is 1. The minimum absolute atomic E-state index is 0.454. The Hall–Kier alpha value is -4.46. The molecule has 38 heavy (non-hydrogen) atoms. The zero-order valence-corrected chi connectivity index (χ0v) is 21.7. The fourth-order valence-corrected chi connectivity index (χ4v) is 6.13. The maximum Gasteiger partial charge on any atom is 0.316 e. The van der Waals surface area contributed by atoms with Crippen LogP contribution in [-0.2, 0) is 0 Å². The lowest BCUT2D eigenvalue weighted by Crippen LogP contribution is -2.20. The molecule has 3 aromatic carbocycles. The monoisotopic (exact) mass is 505 g/mol. The van der Waals surface area contributed by atoms with E-state index in [-0.39, 0.29) is 0 Å². The van der Waals surface area contributed by atoms with Crippen molar-refractivity contribution in [3.05, 3.63) is 71.9 Å². The third kappa shape index (κ3) is 4.12. The highest BCUT2D eigenvalue weighted by Gasteiger charge is 2.25. The molecule has 8 nitrogen and oxygen atoms in total. The number of fused-ring (bicyclic) bond motifs is 1. The van der Waals surface area contributed by atoms with Gasteiger partial charge in [0.15, 0.2) is 0 Å². The maximum absolute atomic E-state index is 12.0. The molecule has 192 valence electrons. The Morgan fingerprint density at radius 2 is 1.74 bits per heavy atom. The number of benzene rings is 3. The van der Waals surface area contributed by atoms with Crippen LogP contribution >= 0.6 is 0 Å². The minimum Gasteiger partial charge on any atom is -0.351 e. The number of urea groups is 1. The highest BCUT2D eigenvalue weighted by molar-refractivity contribution is 6.05. The van der Waals surface area contributed by atoms with Crippen LogP contribution in [0.4, 0.5) is 10.5 Å². The SMILES string of the molecule is Cc1cccc(-c2c(C)n(C3CCCCC3)c3ccc(-c4ccccc4-c4nn[nH]n4)cc23)c1NC(N)=O. The molecule has 0 radical (unpaired) electrons. The lowest BCUT2D eigenvalue weighted by atomic mass is 9.94. The van der Waals surface area contributed by atoms with Gasteiger partial charge in [-0.2, -0.15) is 5.21 Å². The first-order valence-electron chi connectivity index (χ1n) is 13.2. The lowest BCUT2D eigenvalue weighted by molar-refractivity contribution is 0.259. The number of nitrogens with one attached hydrogen (secondary N) is 2. The number of aromatic nitrogens is 5. The topological polar surface area (TPSA) is 115 Å². The molecule has 5 aromatic rings. The summed E-state index contributed by atoms with van der Waals surface area (Å²) in [5.74, 6) is 0.559. The van der Waals surface area contributed by atoms with Gasteiger partial charge in [0.2, 0.25) is 5.82 Å². The van der Waals surface area contributed by atoms with Crippen molar-refractivity contribution in [1.82, 2.24) is 25.2 Å². The number of hydrogen-bond acceptors (Lipinski definition) is 4. The van der Waals surface area contributed by atoms with E-state index in [1.54, 1.807) is 0 Å². The molecule has 2 amide bonds. The van der Waals surface area contributed by atoms with Crippen molar-refractivity contribution in [2.75, 3.05) is 5.32 Å². The highest BCUT2D eigenvalue weighted by Crippen LogP contribution is 2.44. The highest BCUT2D eigenvalue weighted by atomic mass is 16.2. The first-order valence-corrected chi connectivity index (χ1v) is 13.2. The van der Waals surface area contributed by atoms with Crippen LogP contribution in [0.15, 0.2) is 60.7 Å². The fourth-order valence-electron chi connectivity index (χ4n) is 6.13. The average Bonchev–Trinajstić information content (AvgIpc) is 3.56. The zero-order chi connectivity index (χ0) is 26.2. The molecule has 8 heteroatoms. The molecule has 2 heterocycles. The number of aromatic amines is 1. The van der Waals surface area contributed by atoms with E-state index in [0.29, 0.717) is 11.9 Å². The first kappa shape index (κ1) is 23.9. The number of H-pyrrole nitrogens is 1. The van der Waals surface area contributed by atoms with E-state index in [4.69, 9.17) is 5.73 Å². The second-order valence-electron chi connectivity index (χ2n) is 10.1. The molecule has 2 aromatic heterocycles. The normalized spacial score (nSPS) is 14.2. The van der Waals surface area contributed by atoms with Gasteiger partial charge >= 0.3 is 6.03 Å². The number of primary amides is 1. The van der Waals surface area contributed by atoms with Crippen molar-refractivity contribution in [2.45, 2.75) is 52.0 Å². The molecule has 0 bridgehead atoms. The van der Waals surface area contributed by atoms with Crippen molar-refractivity contribution in [3.8, 4) is 33.6 Å². The Morgan fingerprint density at radius 3 is 2.47 bits per heavy atom. The van der Waals surface area contributed by atoms with Crippen molar-refractivity contribution in [1.29, 1.82) is 0 Å². The number of rotatable bonds is 5. The number of anilines is 1. The van der Waals surface area contributed by atoms with Crippen molar-refractivity contribution >= 4 is 22.6 Å². The second-order valence-corrected chi connectivity index (χ2v) is 10.1. The van der Waals surface area contributed by atoms with Gasteiger partial charge in [-0.3, -0.25) is 0 Å². The van der Waals surface area contributed by atoms with E-state index in [1.165, 1.54) is 43.3 Å². The maximum atomic E-state index is 12.0. The number of amides is 2. The molecule has 0 atom stereocenters. The average molecular weight is 506 g/mol. The standard InChI is InChI=1S/C30H31N7O/c1-18-9-8-14-24(28(18)32-30(31)38)27-19(2)37(21-10-4-3-5-11-21)26-16-15-20(17-25(26)27)22-12-6-7-13-23(22)29-33-35-36-34-29/h6-9,12-17,21H,3-5,10-11H2,1-2H3,(H3,31,32,38)(H,33,34,35,36). The summed E-state index contributed by atoms with van der Waals surface area (Å²) >= 11 is 0. The Labute approximate surface area is 221 Å². The van der Waals surface area contributed by atoms with Crippen LogP contribution in [0.25, 0.3) is 44.5 Å². The number of nitrogens with zero attached hydrogens (tertiary/aromatic N) is 4. The molecular formula is C30H31N7O. The van der Waals surface area contributed by atoms with E-state index in [9.17, 15) is 4.79 Å². The van der Waals surface area contributed by atoms with Crippen LogP contribution in [0, 0.1) is 13.8 Å². The molecule has 0 aliphatic heterocycles. The van der Waals surface area contributed by atoms with Crippen molar-refractivity contribution in [2.24, 2.45) is 5.73 Å².